The predicted octanol–water partition coefficient (Wildman–Crippen LogP) is 3.69. The molecule has 7 heteroatoms. The van der Waals surface area contributed by atoms with Crippen LogP contribution in [-0.4, -0.2) is 29.2 Å². The fourth-order valence-electron chi connectivity index (χ4n) is 3.40. The number of H-pyrrole nitrogens is 1. The lowest BCUT2D eigenvalue weighted by atomic mass is 9.97. The number of aromatic nitrogens is 2. The highest BCUT2D eigenvalue weighted by molar-refractivity contribution is 6.33. The van der Waals surface area contributed by atoms with E-state index in [1.54, 1.807) is 18.2 Å². The number of hydrogen-bond donors (Lipinski definition) is 3. The van der Waals surface area contributed by atoms with E-state index in [-0.39, 0.29) is 11.8 Å². The molecule has 1 aromatic heterocycles. The predicted molar refractivity (Wildman–Crippen MR) is 105 cm³/mol. The van der Waals surface area contributed by atoms with Crippen molar-refractivity contribution in [2.75, 3.05) is 18.4 Å². The molecule has 1 fully saturated rings. The van der Waals surface area contributed by atoms with Crippen molar-refractivity contribution in [1.29, 1.82) is 5.26 Å². The van der Waals surface area contributed by atoms with Crippen molar-refractivity contribution in [2.45, 2.75) is 12.8 Å². The highest BCUT2D eigenvalue weighted by Gasteiger charge is 2.22. The van der Waals surface area contributed by atoms with Gasteiger partial charge >= 0.3 is 0 Å². The number of carbonyl (C=O) groups is 1. The number of aromatic amines is 1. The number of nitrogens with one attached hydrogen (secondary N) is 3. The van der Waals surface area contributed by atoms with Gasteiger partial charge in [-0.2, -0.15) is 10.4 Å². The van der Waals surface area contributed by atoms with Crippen LogP contribution < -0.4 is 10.6 Å². The third-order valence-corrected chi connectivity index (χ3v) is 5.25. The Hall–Kier alpha value is -2.88. The molecule has 2 heterocycles. The monoisotopic (exact) mass is 379 g/mol. The van der Waals surface area contributed by atoms with Crippen LogP contribution in [0.1, 0.15) is 18.4 Å². The Kier molecular flexibility index (Phi) is 4.80. The van der Waals surface area contributed by atoms with Gasteiger partial charge in [-0.15, -0.1) is 0 Å². The van der Waals surface area contributed by atoms with Crippen LogP contribution >= 0.6 is 11.6 Å². The van der Waals surface area contributed by atoms with Gasteiger partial charge in [0.25, 0.3) is 0 Å². The molecule has 0 aliphatic carbocycles. The Morgan fingerprint density at radius 1 is 1.22 bits per heavy atom. The number of rotatable bonds is 3. The lowest BCUT2D eigenvalue weighted by Crippen LogP contribution is -2.34. The minimum atomic E-state index is -0.000173. The SMILES string of the molecule is N#Cc1ccc(Cl)c(-c2ccc3[nH]nc(NC(=O)C4CCNCC4)c3c2)c1. The van der Waals surface area contributed by atoms with Crippen molar-refractivity contribution in [3.63, 3.8) is 0 Å². The second-order valence-corrected chi connectivity index (χ2v) is 7.06. The van der Waals surface area contributed by atoms with Gasteiger partial charge in [0.1, 0.15) is 0 Å². The van der Waals surface area contributed by atoms with E-state index in [2.05, 4.69) is 26.9 Å². The maximum Gasteiger partial charge on any atom is 0.228 e. The van der Waals surface area contributed by atoms with Crippen LogP contribution in [0.2, 0.25) is 5.02 Å². The van der Waals surface area contributed by atoms with E-state index in [4.69, 9.17) is 16.9 Å². The third-order valence-electron chi connectivity index (χ3n) is 4.92. The van der Waals surface area contributed by atoms with E-state index in [0.717, 1.165) is 48.0 Å². The highest BCUT2D eigenvalue weighted by atomic mass is 35.5. The maximum atomic E-state index is 12.6. The van der Waals surface area contributed by atoms with Gasteiger partial charge in [0.05, 0.1) is 17.1 Å². The smallest absolute Gasteiger partial charge is 0.228 e. The molecule has 0 bridgehead atoms. The minimum absolute atomic E-state index is 0.000173. The van der Waals surface area contributed by atoms with E-state index in [0.29, 0.717) is 16.4 Å². The summed E-state index contributed by atoms with van der Waals surface area (Å²) in [4.78, 5) is 12.6. The summed E-state index contributed by atoms with van der Waals surface area (Å²) in [7, 11) is 0. The van der Waals surface area contributed by atoms with Crippen molar-refractivity contribution < 1.29 is 4.79 Å². The molecule has 1 amide bonds. The first-order chi connectivity index (χ1) is 13.2. The first-order valence-electron chi connectivity index (χ1n) is 8.85. The number of halogens is 1. The highest BCUT2D eigenvalue weighted by Crippen LogP contribution is 2.32. The van der Waals surface area contributed by atoms with E-state index in [9.17, 15) is 4.79 Å². The molecule has 136 valence electrons. The molecule has 1 aliphatic heterocycles. The van der Waals surface area contributed by atoms with E-state index >= 15 is 0 Å². The Morgan fingerprint density at radius 2 is 2.04 bits per heavy atom. The summed E-state index contributed by atoms with van der Waals surface area (Å²) in [6, 6.07) is 13.0. The normalized spacial score (nSPS) is 14.8. The van der Waals surface area contributed by atoms with Gasteiger partial charge in [-0.25, -0.2) is 0 Å². The van der Waals surface area contributed by atoms with Gasteiger partial charge in [0.2, 0.25) is 5.91 Å². The van der Waals surface area contributed by atoms with Crippen molar-refractivity contribution >= 4 is 34.2 Å². The summed E-state index contributed by atoms with van der Waals surface area (Å²) in [6.45, 7) is 1.72. The molecule has 4 rings (SSSR count). The van der Waals surface area contributed by atoms with Crippen molar-refractivity contribution in [3.8, 4) is 17.2 Å². The number of anilines is 1. The fourth-order valence-corrected chi connectivity index (χ4v) is 3.62. The molecule has 2 aromatic carbocycles. The summed E-state index contributed by atoms with van der Waals surface area (Å²) >= 11 is 6.33. The molecule has 0 unspecified atom stereocenters. The number of hydrogen-bond acceptors (Lipinski definition) is 4. The Bertz CT molecular complexity index is 1050. The molecule has 6 nitrogen and oxygen atoms in total. The average Bonchev–Trinajstić information content (AvgIpc) is 3.11. The lowest BCUT2D eigenvalue weighted by Gasteiger charge is -2.21. The summed E-state index contributed by atoms with van der Waals surface area (Å²) in [5.41, 5.74) is 3.01. The molecule has 1 aliphatic rings. The molecule has 3 N–H and O–H groups in total. The van der Waals surface area contributed by atoms with Crippen LogP contribution in [0.15, 0.2) is 36.4 Å². The Balaban J connectivity index is 1.67. The van der Waals surface area contributed by atoms with Crippen LogP contribution in [0.25, 0.3) is 22.0 Å². The minimum Gasteiger partial charge on any atom is -0.317 e. The molecule has 27 heavy (non-hydrogen) atoms. The quantitative estimate of drug-likeness (QED) is 0.646. The third kappa shape index (κ3) is 3.52. The maximum absolute atomic E-state index is 12.6. The zero-order valence-corrected chi connectivity index (χ0v) is 15.3. The summed E-state index contributed by atoms with van der Waals surface area (Å²) in [6.07, 6.45) is 1.66. The topological polar surface area (TPSA) is 93.6 Å². The van der Waals surface area contributed by atoms with Crippen LogP contribution in [0, 0.1) is 17.2 Å². The first-order valence-corrected chi connectivity index (χ1v) is 9.23. The van der Waals surface area contributed by atoms with Gasteiger partial charge in [0, 0.05) is 21.9 Å². The van der Waals surface area contributed by atoms with Crippen molar-refractivity contribution in [3.05, 3.63) is 47.0 Å². The average molecular weight is 380 g/mol. The number of carbonyl (C=O) groups excluding carboxylic acids is 1. The number of fused-ring (bicyclic) bond motifs is 1. The summed E-state index contributed by atoms with van der Waals surface area (Å²) < 4.78 is 0. The van der Waals surface area contributed by atoms with E-state index in [1.165, 1.54) is 0 Å². The van der Waals surface area contributed by atoms with Crippen molar-refractivity contribution in [1.82, 2.24) is 15.5 Å². The second kappa shape index (κ2) is 7.39. The second-order valence-electron chi connectivity index (χ2n) is 6.65. The van der Waals surface area contributed by atoms with Gasteiger partial charge in [-0.3, -0.25) is 9.89 Å². The molecular weight excluding hydrogens is 362 g/mol. The lowest BCUT2D eigenvalue weighted by molar-refractivity contribution is -0.120. The fraction of sp³-hybridized carbons (Fsp3) is 0.250. The standard InChI is InChI=1S/C20H18ClN5O/c21-17-3-1-12(11-22)9-15(17)14-2-4-18-16(10-14)19(26-25-18)24-20(27)13-5-7-23-8-6-13/h1-4,9-10,13,23H,5-8H2,(H2,24,25,26,27). The van der Waals surface area contributed by atoms with Gasteiger partial charge in [0.15, 0.2) is 5.82 Å². The van der Waals surface area contributed by atoms with Crippen LogP contribution in [0.5, 0.6) is 0 Å². The van der Waals surface area contributed by atoms with Gasteiger partial charge < -0.3 is 10.6 Å². The molecule has 0 atom stereocenters. The summed E-state index contributed by atoms with van der Waals surface area (Å²) in [5, 5.41) is 24.0. The van der Waals surface area contributed by atoms with E-state index in [1.807, 2.05) is 18.2 Å². The number of nitriles is 1. The zero-order chi connectivity index (χ0) is 18.8. The van der Waals surface area contributed by atoms with Crippen LogP contribution in [0.4, 0.5) is 5.82 Å². The van der Waals surface area contributed by atoms with Crippen LogP contribution in [-0.2, 0) is 4.79 Å². The molecule has 0 spiro atoms. The van der Waals surface area contributed by atoms with Crippen LogP contribution in [0.3, 0.4) is 0 Å². The molecule has 0 saturated carbocycles. The summed E-state index contributed by atoms with van der Waals surface area (Å²) in [5.74, 6) is 0.519. The van der Waals surface area contributed by atoms with Gasteiger partial charge in [-0.1, -0.05) is 17.7 Å². The largest absolute Gasteiger partial charge is 0.317 e. The molecular formula is C20H18ClN5O. The zero-order valence-electron chi connectivity index (χ0n) is 14.6. The van der Waals surface area contributed by atoms with E-state index < -0.39 is 0 Å². The Morgan fingerprint density at radius 3 is 2.81 bits per heavy atom. The van der Waals surface area contributed by atoms with Gasteiger partial charge in [-0.05, 0) is 61.8 Å². The molecule has 0 radical (unpaired) electrons. The Labute approximate surface area is 161 Å². The first kappa shape index (κ1) is 17.5. The van der Waals surface area contributed by atoms with Crippen molar-refractivity contribution in [2.24, 2.45) is 5.92 Å². The molecule has 3 aromatic rings. The number of nitrogens with zero attached hydrogens (tertiary/aromatic N) is 2. The number of benzene rings is 2. The number of amides is 1. The number of piperidine rings is 1. The molecule has 1 saturated heterocycles.